The van der Waals surface area contributed by atoms with Crippen LogP contribution in [0.2, 0.25) is 5.02 Å². The smallest absolute Gasteiger partial charge is 0.143 e. The number of benzene rings is 1. The third-order valence-corrected chi connectivity index (χ3v) is 2.11. The van der Waals surface area contributed by atoms with Crippen LogP contribution in [0.25, 0.3) is 0 Å². The summed E-state index contributed by atoms with van der Waals surface area (Å²) in [4.78, 5) is 0. The highest BCUT2D eigenvalue weighted by Crippen LogP contribution is 2.27. The number of halogens is 4. The summed E-state index contributed by atoms with van der Waals surface area (Å²) in [6, 6.07) is 2.65. The second kappa shape index (κ2) is 4.87. The van der Waals surface area contributed by atoms with Crippen LogP contribution in [0, 0.1) is 5.82 Å². The summed E-state index contributed by atoms with van der Waals surface area (Å²) in [5, 5.41) is 0.0427. The molecule has 0 aliphatic carbocycles. The van der Waals surface area contributed by atoms with Crippen molar-refractivity contribution in [2.24, 2.45) is 5.84 Å². The largest absolute Gasteiger partial charge is 0.323 e. The zero-order chi connectivity index (χ0) is 8.43. The summed E-state index contributed by atoms with van der Waals surface area (Å²) < 4.78 is 13.2. The summed E-state index contributed by atoms with van der Waals surface area (Å²) >= 11 is 8.57. The topological polar surface area (TPSA) is 38.0 Å². The van der Waals surface area contributed by atoms with Crippen LogP contribution in [0.15, 0.2) is 16.6 Å². The van der Waals surface area contributed by atoms with Gasteiger partial charge >= 0.3 is 0 Å². The van der Waals surface area contributed by atoms with Gasteiger partial charge in [0, 0.05) is 4.47 Å². The second-order valence-corrected chi connectivity index (χ2v) is 3.15. The molecule has 0 saturated carbocycles. The molecule has 6 heteroatoms. The summed E-state index contributed by atoms with van der Waals surface area (Å²) in [6.07, 6.45) is 0. The Hall–Kier alpha value is -0.0300. The number of hydrazine groups is 1. The standard InChI is InChI=1S/C6H5BrClFN2.ClH/c7-3-1-5(9)4(8)2-6(3)11-10;/h1-2,11H,10H2;1H. The first-order chi connectivity index (χ1) is 5.15. The Labute approximate surface area is 88.8 Å². The fourth-order valence-electron chi connectivity index (χ4n) is 0.633. The molecule has 0 fully saturated rings. The molecule has 0 bridgehead atoms. The molecule has 1 rings (SSSR count). The summed E-state index contributed by atoms with van der Waals surface area (Å²) in [5.74, 6) is 4.63. The number of nitrogens with two attached hydrogens (primary N) is 1. The zero-order valence-corrected chi connectivity index (χ0v) is 8.93. The number of hydrogen-bond acceptors (Lipinski definition) is 2. The van der Waals surface area contributed by atoms with E-state index in [1.807, 2.05) is 0 Å². The van der Waals surface area contributed by atoms with Gasteiger partial charge in [-0.15, -0.1) is 12.4 Å². The molecular weight excluding hydrogens is 270 g/mol. The first kappa shape index (κ1) is 12.0. The van der Waals surface area contributed by atoms with Gasteiger partial charge in [-0.3, -0.25) is 5.84 Å². The van der Waals surface area contributed by atoms with Crippen molar-refractivity contribution < 1.29 is 4.39 Å². The van der Waals surface area contributed by atoms with Crippen LogP contribution in [0.4, 0.5) is 10.1 Å². The van der Waals surface area contributed by atoms with E-state index in [-0.39, 0.29) is 17.4 Å². The van der Waals surface area contributed by atoms with Gasteiger partial charge in [0.1, 0.15) is 5.82 Å². The molecule has 0 heterocycles. The van der Waals surface area contributed by atoms with Crippen molar-refractivity contribution in [3.05, 3.63) is 27.4 Å². The monoisotopic (exact) mass is 274 g/mol. The van der Waals surface area contributed by atoms with E-state index in [4.69, 9.17) is 17.4 Å². The summed E-state index contributed by atoms with van der Waals surface area (Å²) in [7, 11) is 0. The fourth-order valence-corrected chi connectivity index (χ4v) is 1.23. The quantitative estimate of drug-likeness (QED) is 0.470. The molecule has 0 saturated heterocycles. The van der Waals surface area contributed by atoms with Crippen molar-refractivity contribution >= 4 is 45.6 Å². The molecule has 0 amide bonds. The van der Waals surface area contributed by atoms with Gasteiger partial charge in [0.15, 0.2) is 0 Å². The van der Waals surface area contributed by atoms with E-state index < -0.39 is 5.82 Å². The predicted molar refractivity (Wildman–Crippen MR) is 54.2 cm³/mol. The third kappa shape index (κ3) is 2.48. The SMILES string of the molecule is Cl.NNc1cc(Cl)c(F)cc1Br. The highest BCUT2D eigenvalue weighted by molar-refractivity contribution is 9.10. The van der Waals surface area contributed by atoms with Gasteiger partial charge in [0.25, 0.3) is 0 Å². The molecule has 2 nitrogen and oxygen atoms in total. The highest BCUT2D eigenvalue weighted by atomic mass is 79.9. The van der Waals surface area contributed by atoms with Gasteiger partial charge in [-0.2, -0.15) is 0 Å². The molecular formula is C6H6BrCl2FN2. The van der Waals surface area contributed by atoms with Gasteiger partial charge in [-0.05, 0) is 28.1 Å². The average molecular weight is 276 g/mol. The van der Waals surface area contributed by atoms with Gasteiger partial charge in [-0.25, -0.2) is 4.39 Å². The van der Waals surface area contributed by atoms with E-state index in [2.05, 4.69) is 21.4 Å². The molecule has 3 N–H and O–H groups in total. The van der Waals surface area contributed by atoms with E-state index in [1.165, 1.54) is 12.1 Å². The predicted octanol–water partition coefficient (Wildman–Crippen LogP) is 2.95. The Morgan fingerprint density at radius 1 is 1.50 bits per heavy atom. The molecule has 68 valence electrons. The summed E-state index contributed by atoms with van der Waals surface area (Å²) in [6.45, 7) is 0. The van der Waals surface area contributed by atoms with E-state index in [1.54, 1.807) is 0 Å². The van der Waals surface area contributed by atoms with Crippen molar-refractivity contribution in [3.63, 3.8) is 0 Å². The Morgan fingerprint density at radius 2 is 2.08 bits per heavy atom. The Morgan fingerprint density at radius 3 is 2.58 bits per heavy atom. The fraction of sp³-hybridized carbons (Fsp3) is 0. The van der Waals surface area contributed by atoms with E-state index in [9.17, 15) is 4.39 Å². The second-order valence-electron chi connectivity index (χ2n) is 1.89. The lowest BCUT2D eigenvalue weighted by Crippen LogP contribution is -2.07. The number of nitrogens with one attached hydrogen (secondary N) is 1. The Kier molecular flexibility index (Phi) is 4.85. The first-order valence-corrected chi connectivity index (χ1v) is 3.93. The van der Waals surface area contributed by atoms with Gasteiger partial charge in [0.05, 0.1) is 10.7 Å². The number of hydrogen-bond donors (Lipinski definition) is 2. The van der Waals surface area contributed by atoms with Crippen LogP contribution in [0.5, 0.6) is 0 Å². The average Bonchev–Trinajstić information content (AvgIpc) is 1.97. The maximum absolute atomic E-state index is 12.7. The lowest BCUT2D eigenvalue weighted by Gasteiger charge is -2.03. The zero-order valence-electron chi connectivity index (χ0n) is 5.77. The van der Waals surface area contributed by atoms with E-state index >= 15 is 0 Å². The van der Waals surface area contributed by atoms with Crippen molar-refractivity contribution in [3.8, 4) is 0 Å². The van der Waals surface area contributed by atoms with Crippen LogP contribution in [0.3, 0.4) is 0 Å². The number of nitrogen functional groups attached to an aromatic ring is 1. The highest BCUT2D eigenvalue weighted by Gasteiger charge is 2.04. The third-order valence-electron chi connectivity index (χ3n) is 1.17. The maximum atomic E-state index is 12.7. The van der Waals surface area contributed by atoms with Crippen LogP contribution >= 0.6 is 39.9 Å². The van der Waals surface area contributed by atoms with Gasteiger partial charge in [0.2, 0.25) is 0 Å². The number of rotatable bonds is 1. The van der Waals surface area contributed by atoms with Gasteiger partial charge < -0.3 is 5.43 Å². The normalized spacial score (nSPS) is 9.00. The molecule has 0 aliphatic rings. The molecule has 1 aromatic rings. The molecule has 0 atom stereocenters. The molecule has 0 aliphatic heterocycles. The van der Waals surface area contributed by atoms with Crippen LogP contribution in [-0.4, -0.2) is 0 Å². The van der Waals surface area contributed by atoms with Crippen LogP contribution in [-0.2, 0) is 0 Å². The lowest BCUT2D eigenvalue weighted by atomic mass is 10.3. The Balaban J connectivity index is 0.00000121. The van der Waals surface area contributed by atoms with Crippen molar-refractivity contribution in [1.82, 2.24) is 0 Å². The van der Waals surface area contributed by atoms with Crippen molar-refractivity contribution in [2.75, 3.05) is 5.43 Å². The minimum atomic E-state index is -0.474. The Bertz CT molecular complexity index is 282. The number of anilines is 1. The summed E-state index contributed by atoms with van der Waals surface area (Å²) in [5.41, 5.74) is 2.92. The minimum absolute atomic E-state index is 0. The van der Waals surface area contributed by atoms with E-state index in [0.29, 0.717) is 10.2 Å². The molecule has 0 aromatic heterocycles. The van der Waals surface area contributed by atoms with Gasteiger partial charge in [-0.1, -0.05) is 11.6 Å². The molecule has 1 aromatic carbocycles. The van der Waals surface area contributed by atoms with Crippen LogP contribution < -0.4 is 11.3 Å². The molecule has 12 heavy (non-hydrogen) atoms. The molecule has 0 unspecified atom stereocenters. The van der Waals surface area contributed by atoms with Crippen molar-refractivity contribution in [1.29, 1.82) is 0 Å². The van der Waals surface area contributed by atoms with Crippen molar-refractivity contribution in [2.45, 2.75) is 0 Å². The molecule has 0 radical (unpaired) electrons. The maximum Gasteiger partial charge on any atom is 0.143 e. The first-order valence-electron chi connectivity index (χ1n) is 2.76. The lowest BCUT2D eigenvalue weighted by molar-refractivity contribution is 0.627. The van der Waals surface area contributed by atoms with E-state index in [0.717, 1.165) is 0 Å². The van der Waals surface area contributed by atoms with Crippen LogP contribution in [0.1, 0.15) is 0 Å². The molecule has 0 spiro atoms. The minimum Gasteiger partial charge on any atom is -0.323 e.